The number of sulfonamides is 1. The standard InChI is InChI=1S/C32H39N3O4S/c1-3-27-17-13-14-22-30(27)35(40(38,39)29-20-11-6-12-21-29)24-31(36)34(23-26-15-7-4-8-16-26)25(2)32(37)33-28-18-9-5-10-19-28/h4,6-8,11-17,20-22,25,28H,3,5,9-10,18-19,23-24H2,1-2H3,(H,33,37). The van der Waals surface area contributed by atoms with E-state index in [0.717, 1.165) is 36.8 Å². The zero-order valence-corrected chi connectivity index (χ0v) is 24.1. The number of nitrogens with one attached hydrogen (secondary N) is 1. The van der Waals surface area contributed by atoms with Crippen molar-refractivity contribution in [1.82, 2.24) is 10.2 Å². The van der Waals surface area contributed by atoms with Gasteiger partial charge in [0.05, 0.1) is 10.6 Å². The van der Waals surface area contributed by atoms with Crippen LogP contribution >= 0.6 is 0 Å². The Kier molecular flexibility index (Phi) is 9.98. The molecule has 0 spiro atoms. The summed E-state index contributed by atoms with van der Waals surface area (Å²) in [7, 11) is -4.07. The summed E-state index contributed by atoms with van der Waals surface area (Å²) in [6.45, 7) is 3.43. The summed E-state index contributed by atoms with van der Waals surface area (Å²) in [6.07, 6.45) is 5.79. The van der Waals surface area contributed by atoms with Crippen LogP contribution in [0.1, 0.15) is 57.1 Å². The lowest BCUT2D eigenvalue weighted by atomic mass is 9.95. The maximum atomic E-state index is 14.1. The Hall–Kier alpha value is -3.65. The summed E-state index contributed by atoms with van der Waals surface area (Å²) in [4.78, 5) is 29.1. The molecule has 7 nitrogen and oxygen atoms in total. The Balaban J connectivity index is 1.68. The van der Waals surface area contributed by atoms with E-state index in [9.17, 15) is 18.0 Å². The SMILES string of the molecule is CCc1ccccc1N(CC(=O)N(Cc1ccccc1)C(C)C(=O)NC1CCCCC1)S(=O)(=O)c1ccccc1. The fraction of sp³-hybridized carbons (Fsp3) is 0.375. The van der Waals surface area contributed by atoms with Crippen LogP contribution in [-0.2, 0) is 32.6 Å². The van der Waals surface area contributed by atoms with Gasteiger partial charge in [0.2, 0.25) is 11.8 Å². The molecule has 40 heavy (non-hydrogen) atoms. The van der Waals surface area contributed by atoms with E-state index in [1.54, 1.807) is 37.3 Å². The van der Waals surface area contributed by atoms with Crippen molar-refractivity contribution in [3.05, 3.63) is 96.1 Å². The van der Waals surface area contributed by atoms with E-state index in [1.807, 2.05) is 49.4 Å². The molecular formula is C32H39N3O4S. The number of hydrogen-bond acceptors (Lipinski definition) is 4. The van der Waals surface area contributed by atoms with Crippen molar-refractivity contribution in [3.8, 4) is 0 Å². The molecule has 1 N–H and O–H groups in total. The third-order valence-corrected chi connectivity index (χ3v) is 9.34. The number of amides is 2. The number of carbonyl (C=O) groups excluding carboxylic acids is 2. The highest BCUT2D eigenvalue weighted by Crippen LogP contribution is 2.28. The first-order valence-corrected chi connectivity index (χ1v) is 15.5. The third kappa shape index (κ3) is 7.10. The molecule has 0 aliphatic heterocycles. The van der Waals surface area contributed by atoms with Gasteiger partial charge in [0.25, 0.3) is 10.0 Å². The number of benzene rings is 3. The van der Waals surface area contributed by atoms with Crippen molar-refractivity contribution in [2.24, 2.45) is 0 Å². The van der Waals surface area contributed by atoms with Crippen LogP contribution in [0.4, 0.5) is 5.69 Å². The Morgan fingerprint density at radius 1 is 0.875 bits per heavy atom. The zero-order valence-electron chi connectivity index (χ0n) is 23.3. The normalized spacial score (nSPS) is 14.8. The van der Waals surface area contributed by atoms with Gasteiger partial charge in [-0.15, -0.1) is 0 Å². The van der Waals surface area contributed by atoms with Gasteiger partial charge in [-0.1, -0.05) is 92.9 Å². The molecule has 4 rings (SSSR count). The second-order valence-corrected chi connectivity index (χ2v) is 12.2. The molecule has 0 saturated heterocycles. The van der Waals surface area contributed by atoms with E-state index in [4.69, 9.17) is 0 Å². The highest BCUT2D eigenvalue weighted by atomic mass is 32.2. The van der Waals surface area contributed by atoms with Gasteiger partial charge in [0.1, 0.15) is 12.6 Å². The van der Waals surface area contributed by atoms with Crippen LogP contribution in [0, 0.1) is 0 Å². The summed E-state index contributed by atoms with van der Waals surface area (Å²) in [5, 5.41) is 3.13. The second kappa shape index (κ2) is 13.6. The predicted molar refractivity (Wildman–Crippen MR) is 158 cm³/mol. The molecule has 0 aromatic heterocycles. The van der Waals surface area contributed by atoms with Crippen LogP contribution in [0.3, 0.4) is 0 Å². The average Bonchev–Trinajstić information content (AvgIpc) is 2.99. The monoisotopic (exact) mass is 561 g/mol. The van der Waals surface area contributed by atoms with Gasteiger partial charge in [-0.3, -0.25) is 13.9 Å². The van der Waals surface area contributed by atoms with Crippen LogP contribution in [0.5, 0.6) is 0 Å². The molecule has 1 saturated carbocycles. The first-order valence-electron chi connectivity index (χ1n) is 14.1. The van der Waals surface area contributed by atoms with Crippen LogP contribution in [0.2, 0.25) is 0 Å². The van der Waals surface area contributed by atoms with Gasteiger partial charge in [-0.2, -0.15) is 0 Å². The maximum Gasteiger partial charge on any atom is 0.264 e. The summed E-state index contributed by atoms with van der Waals surface area (Å²) >= 11 is 0. The first-order chi connectivity index (χ1) is 19.3. The number of carbonyl (C=O) groups is 2. The number of anilines is 1. The van der Waals surface area contributed by atoms with E-state index in [-0.39, 0.29) is 23.4 Å². The summed E-state index contributed by atoms with van der Waals surface area (Å²) in [5.41, 5.74) is 2.13. The molecule has 1 aliphatic carbocycles. The van der Waals surface area contributed by atoms with Crippen molar-refractivity contribution < 1.29 is 18.0 Å². The van der Waals surface area contributed by atoms with Gasteiger partial charge in [-0.05, 0) is 55.5 Å². The smallest absolute Gasteiger partial charge is 0.264 e. The molecule has 3 aromatic carbocycles. The van der Waals surface area contributed by atoms with Gasteiger partial charge in [0.15, 0.2) is 0 Å². The molecule has 0 heterocycles. The number of hydrogen-bond donors (Lipinski definition) is 1. The largest absolute Gasteiger partial charge is 0.352 e. The Morgan fingerprint density at radius 3 is 2.12 bits per heavy atom. The second-order valence-electron chi connectivity index (χ2n) is 10.3. The van der Waals surface area contributed by atoms with Crippen LogP contribution in [-0.4, -0.2) is 43.8 Å². The molecule has 1 atom stereocenters. The minimum Gasteiger partial charge on any atom is -0.352 e. The van der Waals surface area contributed by atoms with Crippen molar-refractivity contribution in [2.45, 2.75) is 75.9 Å². The van der Waals surface area contributed by atoms with E-state index < -0.39 is 28.5 Å². The van der Waals surface area contributed by atoms with Gasteiger partial charge >= 0.3 is 0 Å². The van der Waals surface area contributed by atoms with Crippen molar-refractivity contribution in [3.63, 3.8) is 0 Å². The van der Waals surface area contributed by atoms with Gasteiger partial charge in [0, 0.05) is 12.6 Å². The topological polar surface area (TPSA) is 86.8 Å². The van der Waals surface area contributed by atoms with Crippen molar-refractivity contribution >= 4 is 27.5 Å². The van der Waals surface area contributed by atoms with Crippen LogP contribution < -0.4 is 9.62 Å². The average molecular weight is 562 g/mol. The van der Waals surface area contributed by atoms with Crippen molar-refractivity contribution in [1.29, 1.82) is 0 Å². The molecule has 0 bridgehead atoms. The molecular weight excluding hydrogens is 522 g/mol. The van der Waals surface area contributed by atoms with E-state index in [2.05, 4.69) is 5.32 Å². The molecule has 0 radical (unpaired) electrons. The first kappa shape index (κ1) is 29.3. The highest BCUT2D eigenvalue weighted by Gasteiger charge is 2.33. The third-order valence-electron chi connectivity index (χ3n) is 7.57. The lowest BCUT2D eigenvalue weighted by molar-refractivity contribution is -0.139. The maximum absolute atomic E-state index is 14.1. The summed E-state index contributed by atoms with van der Waals surface area (Å²) in [5.74, 6) is -0.664. The molecule has 1 unspecified atom stereocenters. The van der Waals surface area contributed by atoms with Gasteiger partial charge in [-0.25, -0.2) is 8.42 Å². The lowest BCUT2D eigenvalue weighted by Gasteiger charge is -2.33. The molecule has 8 heteroatoms. The molecule has 212 valence electrons. The van der Waals surface area contributed by atoms with E-state index >= 15 is 0 Å². The minimum absolute atomic E-state index is 0.101. The molecule has 1 fully saturated rings. The number of para-hydroxylation sites is 1. The Bertz CT molecular complexity index is 1370. The Morgan fingerprint density at radius 2 is 1.48 bits per heavy atom. The summed E-state index contributed by atoms with van der Waals surface area (Å²) in [6, 6.07) is 24.2. The highest BCUT2D eigenvalue weighted by molar-refractivity contribution is 7.92. The van der Waals surface area contributed by atoms with Crippen molar-refractivity contribution in [2.75, 3.05) is 10.8 Å². The fourth-order valence-corrected chi connectivity index (χ4v) is 6.69. The minimum atomic E-state index is -4.07. The molecule has 2 amide bonds. The lowest BCUT2D eigenvalue weighted by Crippen LogP contribution is -2.53. The molecule has 1 aliphatic rings. The summed E-state index contributed by atoms with van der Waals surface area (Å²) < 4.78 is 29.1. The zero-order chi connectivity index (χ0) is 28.5. The van der Waals surface area contributed by atoms with Gasteiger partial charge < -0.3 is 10.2 Å². The number of nitrogens with zero attached hydrogens (tertiary/aromatic N) is 2. The predicted octanol–water partition coefficient (Wildman–Crippen LogP) is 5.31. The van der Waals surface area contributed by atoms with Crippen LogP contribution in [0.25, 0.3) is 0 Å². The van der Waals surface area contributed by atoms with E-state index in [1.165, 1.54) is 27.8 Å². The Labute approximate surface area is 238 Å². The van der Waals surface area contributed by atoms with Crippen LogP contribution in [0.15, 0.2) is 89.8 Å². The molecule has 3 aromatic rings. The van der Waals surface area contributed by atoms with E-state index in [0.29, 0.717) is 12.1 Å². The fourth-order valence-electron chi connectivity index (χ4n) is 5.22. The number of rotatable bonds is 11. The quantitative estimate of drug-likeness (QED) is 0.344. The number of aryl methyl sites for hydroxylation is 1.